The van der Waals surface area contributed by atoms with Crippen LogP contribution >= 0.6 is 12.2 Å². The van der Waals surface area contributed by atoms with Crippen LogP contribution in [-0.2, 0) is 0 Å². The normalized spacial score (nSPS) is 9.47. The van der Waals surface area contributed by atoms with Crippen LogP contribution in [0.4, 0.5) is 11.4 Å². The van der Waals surface area contributed by atoms with Crippen molar-refractivity contribution in [3.8, 4) is 5.75 Å². The summed E-state index contributed by atoms with van der Waals surface area (Å²) in [5, 5.41) is 13.5. The predicted molar refractivity (Wildman–Crippen MR) is 61.5 cm³/mol. The van der Waals surface area contributed by atoms with E-state index in [0.29, 0.717) is 16.4 Å². The van der Waals surface area contributed by atoms with Gasteiger partial charge < -0.3 is 10.1 Å². The van der Waals surface area contributed by atoms with Gasteiger partial charge in [-0.3, -0.25) is 10.1 Å². The van der Waals surface area contributed by atoms with Crippen LogP contribution in [-0.4, -0.2) is 17.0 Å². The van der Waals surface area contributed by atoms with Crippen molar-refractivity contribution in [1.82, 2.24) is 0 Å². The van der Waals surface area contributed by atoms with Gasteiger partial charge in [-0.25, -0.2) is 0 Å². The summed E-state index contributed by atoms with van der Waals surface area (Å²) >= 11 is 4.82. The lowest BCUT2D eigenvalue weighted by atomic mass is 10.2. The van der Waals surface area contributed by atoms with E-state index in [1.165, 1.54) is 13.2 Å². The summed E-state index contributed by atoms with van der Waals surface area (Å²) in [4.78, 5) is 10.7. The Morgan fingerprint density at radius 3 is 2.73 bits per heavy atom. The Hall–Kier alpha value is -1.69. The monoisotopic (exact) mass is 226 g/mol. The molecule has 0 heterocycles. The fourth-order valence-electron chi connectivity index (χ4n) is 1.08. The van der Waals surface area contributed by atoms with Gasteiger partial charge in [-0.1, -0.05) is 12.2 Å². The van der Waals surface area contributed by atoms with E-state index in [1.54, 1.807) is 19.1 Å². The summed E-state index contributed by atoms with van der Waals surface area (Å²) < 4.78 is 4.90. The van der Waals surface area contributed by atoms with Crippen molar-refractivity contribution in [2.75, 3.05) is 12.4 Å². The number of ether oxygens (including phenoxy) is 1. The van der Waals surface area contributed by atoms with Crippen molar-refractivity contribution in [2.45, 2.75) is 6.92 Å². The summed E-state index contributed by atoms with van der Waals surface area (Å²) in [6.45, 7) is 1.66. The number of hydrogen-bond donors (Lipinski definition) is 1. The second-order valence-corrected chi connectivity index (χ2v) is 3.43. The number of nitrogens with one attached hydrogen (secondary N) is 1. The number of benzene rings is 1. The fourth-order valence-corrected chi connectivity index (χ4v) is 1.19. The molecule has 15 heavy (non-hydrogen) atoms. The quantitative estimate of drug-likeness (QED) is 0.487. The van der Waals surface area contributed by atoms with Crippen molar-refractivity contribution in [3.05, 3.63) is 28.3 Å². The van der Waals surface area contributed by atoms with Crippen LogP contribution in [0.5, 0.6) is 5.75 Å². The van der Waals surface area contributed by atoms with Crippen LogP contribution in [0.2, 0.25) is 0 Å². The highest BCUT2D eigenvalue weighted by molar-refractivity contribution is 7.80. The summed E-state index contributed by atoms with van der Waals surface area (Å²) in [5.41, 5.74) is 0.312. The molecule has 0 aliphatic rings. The van der Waals surface area contributed by atoms with Crippen LogP contribution in [0.15, 0.2) is 18.2 Å². The van der Waals surface area contributed by atoms with E-state index in [0.717, 1.165) is 0 Å². The molecule has 0 bridgehead atoms. The van der Waals surface area contributed by atoms with Gasteiger partial charge >= 0.3 is 0 Å². The third-order valence-electron chi connectivity index (χ3n) is 1.71. The van der Waals surface area contributed by atoms with Gasteiger partial charge in [-0.15, -0.1) is 0 Å². The first kappa shape index (κ1) is 11.4. The molecular formula is C9H10N2O3S. The average Bonchev–Trinajstić information content (AvgIpc) is 2.17. The van der Waals surface area contributed by atoms with Crippen LogP contribution in [0.25, 0.3) is 0 Å². The second kappa shape index (κ2) is 4.70. The van der Waals surface area contributed by atoms with Gasteiger partial charge in [0.05, 0.1) is 23.1 Å². The van der Waals surface area contributed by atoms with Crippen molar-refractivity contribution < 1.29 is 9.66 Å². The zero-order valence-corrected chi connectivity index (χ0v) is 9.13. The predicted octanol–water partition coefficient (Wildman–Crippen LogP) is 2.36. The molecule has 1 N–H and O–H groups in total. The maximum Gasteiger partial charge on any atom is 0.296 e. The van der Waals surface area contributed by atoms with Gasteiger partial charge in [0, 0.05) is 0 Å². The minimum Gasteiger partial charge on any atom is -0.496 e. The standard InChI is InChI=1S/C9H10N2O3S/c1-6(15)10-8-4-3-7(14-2)5-9(8)11(12)13/h3-5H,1-2H3,(H,10,15). The van der Waals surface area contributed by atoms with Gasteiger partial charge in [0.1, 0.15) is 11.4 Å². The molecule has 0 fully saturated rings. The number of hydrogen-bond acceptors (Lipinski definition) is 4. The maximum atomic E-state index is 10.7. The largest absolute Gasteiger partial charge is 0.496 e. The van der Waals surface area contributed by atoms with Crippen LogP contribution in [0.1, 0.15) is 6.92 Å². The van der Waals surface area contributed by atoms with E-state index in [-0.39, 0.29) is 5.69 Å². The summed E-state index contributed by atoms with van der Waals surface area (Å²) in [5.74, 6) is 0.439. The lowest BCUT2D eigenvalue weighted by Gasteiger charge is -2.06. The van der Waals surface area contributed by atoms with E-state index >= 15 is 0 Å². The highest BCUT2D eigenvalue weighted by Crippen LogP contribution is 2.28. The van der Waals surface area contributed by atoms with E-state index in [2.05, 4.69) is 5.32 Å². The zero-order chi connectivity index (χ0) is 11.4. The molecular weight excluding hydrogens is 216 g/mol. The number of nitrogens with zero attached hydrogens (tertiary/aromatic N) is 1. The second-order valence-electron chi connectivity index (χ2n) is 2.82. The molecule has 80 valence electrons. The molecule has 5 nitrogen and oxygen atoms in total. The molecule has 0 spiro atoms. The number of anilines is 1. The minimum atomic E-state index is -0.483. The fraction of sp³-hybridized carbons (Fsp3) is 0.222. The average molecular weight is 226 g/mol. The third kappa shape index (κ3) is 2.88. The van der Waals surface area contributed by atoms with Gasteiger partial charge in [-0.05, 0) is 19.1 Å². The lowest BCUT2D eigenvalue weighted by molar-refractivity contribution is -0.384. The Labute approximate surface area is 92.2 Å². The molecule has 0 amide bonds. The molecule has 0 aliphatic heterocycles. The molecule has 0 atom stereocenters. The van der Waals surface area contributed by atoms with Crippen LogP contribution in [0, 0.1) is 10.1 Å². The van der Waals surface area contributed by atoms with Gasteiger partial charge in [0.15, 0.2) is 0 Å². The van der Waals surface area contributed by atoms with Crippen molar-refractivity contribution in [3.63, 3.8) is 0 Å². The first-order chi connectivity index (χ1) is 7.04. The summed E-state index contributed by atoms with van der Waals surface area (Å²) in [6.07, 6.45) is 0. The number of nitro groups is 1. The first-order valence-electron chi connectivity index (χ1n) is 4.14. The number of rotatable bonds is 3. The molecule has 1 aromatic carbocycles. The Bertz CT molecular complexity index is 406. The van der Waals surface area contributed by atoms with E-state index in [4.69, 9.17) is 17.0 Å². The molecule has 0 aliphatic carbocycles. The maximum absolute atomic E-state index is 10.7. The molecule has 1 aromatic rings. The summed E-state index contributed by atoms with van der Waals surface area (Å²) in [7, 11) is 1.45. The Morgan fingerprint density at radius 2 is 2.27 bits per heavy atom. The highest BCUT2D eigenvalue weighted by atomic mass is 32.1. The molecule has 6 heteroatoms. The Kier molecular flexibility index (Phi) is 3.56. The smallest absolute Gasteiger partial charge is 0.296 e. The lowest BCUT2D eigenvalue weighted by Crippen LogP contribution is -2.06. The van der Waals surface area contributed by atoms with Gasteiger partial charge in [0.2, 0.25) is 0 Å². The van der Waals surface area contributed by atoms with E-state index in [9.17, 15) is 10.1 Å². The van der Waals surface area contributed by atoms with Gasteiger partial charge in [0.25, 0.3) is 5.69 Å². The number of methoxy groups -OCH3 is 1. The molecule has 0 unspecified atom stereocenters. The minimum absolute atomic E-state index is 0.0569. The summed E-state index contributed by atoms with van der Waals surface area (Å²) in [6, 6.07) is 4.54. The van der Waals surface area contributed by atoms with Crippen molar-refractivity contribution in [2.24, 2.45) is 0 Å². The highest BCUT2D eigenvalue weighted by Gasteiger charge is 2.14. The van der Waals surface area contributed by atoms with Gasteiger partial charge in [-0.2, -0.15) is 0 Å². The molecule has 0 aromatic heterocycles. The number of thiocarbonyl (C=S) groups is 1. The first-order valence-corrected chi connectivity index (χ1v) is 4.55. The van der Waals surface area contributed by atoms with Crippen molar-refractivity contribution >= 4 is 28.6 Å². The van der Waals surface area contributed by atoms with E-state index < -0.39 is 4.92 Å². The van der Waals surface area contributed by atoms with Crippen LogP contribution in [0.3, 0.4) is 0 Å². The van der Waals surface area contributed by atoms with Crippen molar-refractivity contribution in [1.29, 1.82) is 0 Å². The molecule has 0 saturated heterocycles. The Balaban J connectivity index is 3.15. The Morgan fingerprint density at radius 1 is 1.60 bits per heavy atom. The third-order valence-corrected chi connectivity index (χ3v) is 1.81. The SMILES string of the molecule is COc1ccc(NC(C)=S)c([N+](=O)[O-])c1. The van der Waals surface area contributed by atoms with Crippen LogP contribution < -0.4 is 10.1 Å². The number of nitro benzene ring substituents is 1. The molecule has 0 saturated carbocycles. The molecule has 0 radical (unpaired) electrons. The molecule has 1 rings (SSSR count). The zero-order valence-electron chi connectivity index (χ0n) is 8.31. The topological polar surface area (TPSA) is 64.4 Å². The van der Waals surface area contributed by atoms with E-state index in [1.807, 2.05) is 0 Å².